The first-order valence-corrected chi connectivity index (χ1v) is 7.08. The van der Waals surface area contributed by atoms with Crippen molar-refractivity contribution in [3.63, 3.8) is 0 Å². The maximum atomic E-state index is 12.3. The van der Waals surface area contributed by atoms with Crippen LogP contribution in [0.15, 0.2) is 30.1 Å². The first-order chi connectivity index (χ1) is 10.9. The average Bonchev–Trinajstić information content (AvgIpc) is 2.93. The lowest BCUT2D eigenvalue weighted by Gasteiger charge is -2.11. The van der Waals surface area contributed by atoms with Gasteiger partial charge in [-0.05, 0) is 24.6 Å². The van der Waals surface area contributed by atoms with Gasteiger partial charge < -0.3 is 10.1 Å². The Kier molecular flexibility index (Phi) is 5.04. The highest BCUT2D eigenvalue weighted by Gasteiger charge is 2.14. The van der Waals surface area contributed by atoms with Gasteiger partial charge in [-0.1, -0.05) is 11.6 Å². The standard InChI is InChI=1S/C16H15ClN4O2/c1-10-4-14(15(23-3)6-13(10)17)20-16(22)12(7-18)5-11-8-19-21(2)9-11/h4-6,8-9H,1-3H3,(H,20,22)/b12-5-. The lowest BCUT2D eigenvalue weighted by atomic mass is 10.1. The van der Waals surface area contributed by atoms with E-state index in [1.807, 2.05) is 13.0 Å². The van der Waals surface area contributed by atoms with E-state index in [2.05, 4.69) is 10.4 Å². The fourth-order valence-electron chi connectivity index (χ4n) is 1.95. The molecule has 0 aliphatic heterocycles. The maximum Gasteiger partial charge on any atom is 0.266 e. The first-order valence-electron chi connectivity index (χ1n) is 6.70. The van der Waals surface area contributed by atoms with E-state index in [1.54, 1.807) is 36.3 Å². The molecule has 118 valence electrons. The Morgan fingerprint density at radius 1 is 1.52 bits per heavy atom. The third-order valence-corrected chi connectivity index (χ3v) is 3.54. The number of nitrogens with zero attached hydrogens (tertiary/aromatic N) is 3. The predicted molar refractivity (Wildman–Crippen MR) is 88.2 cm³/mol. The number of carbonyl (C=O) groups excluding carboxylic acids is 1. The second-order valence-electron chi connectivity index (χ2n) is 4.87. The molecule has 7 heteroatoms. The fraction of sp³-hybridized carbons (Fsp3) is 0.188. The number of aromatic nitrogens is 2. The number of aryl methyl sites for hydroxylation is 2. The van der Waals surface area contributed by atoms with E-state index in [-0.39, 0.29) is 5.57 Å². The zero-order chi connectivity index (χ0) is 17.0. The average molecular weight is 331 g/mol. The van der Waals surface area contributed by atoms with Crippen molar-refractivity contribution in [2.75, 3.05) is 12.4 Å². The normalized spacial score (nSPS) is 11.0. The zero-order valence-electron chi connectivity index (χ0n) is 12.9. The molecule has 0 aliphatic rings. The fourth-order valence-corrected chi connectivity index (χ4v) is 2.10. The van der Waals surface area contributed by atoms with Crippen LogP contribution in [0.1, 0.15) is 11.1 Å². The van der Waals surface area contributed by atoms with Crippen LogP contribution in [0.2, 0.25) is 5.02 Å². The third kappa shape index (κ3) is 3.90. The van der Waals surface area contributed by atoms with E-state index in [9.17, 15) is 10.1 Å². The SMILES string of the molecule is COc1cc(Cl)c(C)cc1NC(=O)/C(C#N)=C\c1cnn(C)c1. The monoisotopic (exact) mass is 330 g/mol. The molecule has 0 unspecified atom stereocenters. The quantitative estimate of drug-likeness (QED) is 0.690. The second-order valence-corrected chi connectivity index (χ2v) is 5.28. The van der Waals surface area contributed by atoms with Gasteiger partial charge in [0.05, 0.1) is 19.0 Å². The first kappa shape index (κ1) is 16.6. The molecule has 23 heavy (non-hydrogen) atoms. The molecule has 0 radical (unpaired) electrons. The second kappa shape index (κ2) is 6.99. The van der Waals surface area contributed by atoms with Crippen molar-refractivity contribution in [3.8, 4) is 11.8 Å². The molecular formula is C16H15ClN4O2. The third-order valence-electron chi connectivity index (χ3n) is 3.13. The van der Waals surface area contributed by atoms with Crippen molar-refractivity contribution in [1.82, 2.24) is 9.78 Å². The molecule has 1 amide bonds. The highest BCUT2D eigenvalue weighted by atomic mass is 35.5. The van der Waals surface area contributed by atoms with Crippen molar-refractivity contribution in [2.45, 2.75) is 6.92 Å². The number of carbonyl (C=O) groups is 1. The van der Waals surface area contributed by atoms with E-state index in [0.29, 0.717) is 22.0 Å². The minimum atomic E-state index is -0.531. The van der Waals surface area contributed by atoms with E-state index in [4.69, 9.17) is 16.3 Å². The van der Waals surface area contributed by atoms with Crippen LogP contribution in [0.3, 0.4) is 0 Å². The molecule has 1 aromatic carbocycles. The van der Waals surface area contributed by atoms with E-state index in [0.717, 1.165) is 5.56 Å². The number of amides is 1. The Morgan fingerprint density at radius 3 is 2.83 bits per heavy atom. The molecule has 2 rings (SSSR count). The van der Waals surface area contributed by atoms with Crippen LogP contribution in [0.5, 0.6) is 5.75 Å². The largest absolute Gasteiger partial charge is 0.495 e. The summed E-state index contributed by atoms with van der Waals surface area (Å²) in [6.07, 6.45) is 4.74. The molecule has 1 aromatic heterocycles. The Morgan fingerprint density at radius 2 is 2.26 bits per heavy atom. The van der Waals surface area contributed by atoms with Gasteiger partial charge in [0.25, 0.3) is 5.91 Å². The number of hydrogen-bond donors (Lipinski definition) is 1. The molecule has 0 aliphatic carbocycles. The van der Waals surface area contributed by atoms with Crippen LogP contribution >= 0.6 is 11.6 Å². The number of nitrogens with one attached hydrogen (secondary N) is 1. The van der Waals surface area contributed by atoms with Crippen LogP contribution in [0, 0.1) is 18.3 Å². The molecule has 0 fully saturated rings. The molecule has 2 aromatic rings. The summed E-state index contributed by atoms with van der Waals surface area (Å²) in [6, 6.07) is 5.20. The highest BCUT2D eigenvalue weighted by molar-refractivity contribution is 6.31. The number of anilines is 1. The van der Waals surface area contributed by atoms with Gasteiger partial charge in [0.2, 0.25) is 0 Å². The minimum absolute atomic E-state index is 0.0346. The summed E-state index contributed by atoms with van der Waals surface area (Å²) in [7, 11) is 3.23. The summed E-state index contributed by atoms with van der Waals surface area (Å²) in [6.45, 7) is 1.81. The van der Waals surface area contributed by atoms with Gasteiger partial charge in [-0.3, -0.25) is 9.48 Å². The van der Waals surface area contributed by atoms with Crippen LogP contribution < -0.4 is 10.1 Å². The van der Waals surface area contributed by atoms with Gasteiger partial charge in [-0.15, -0.1) is 0 Å². The lowest BCUT2D eigenvalue weighted by Crippen LogP contribution is -2.14. The number of nitriles is 1. The van der Waals surface area contributed by atoms with Crippen LogP contribution in [0.25, 0.3) is 6.08 Å². The van der Waals surface area contributed by atoms with E-state index < -0.39 is 5.91 Å². The van der Waals surface area contributed by atoms with E-state index >= 15 is 0 Å². The summed E-state index contributed by atoms with van der Waals surface area (Å²) in [5.41, 5.74) is 1.87. The minimum Gasteiger partial charge on any atom is -0.495 e. The van der Waals surface area contributed by atoms with Gasteiger partial charge in [0.15, 0.2) is 0 Å². The van der Waals surface area contributed by atoms with Gasteiger partial charge in [-0.2, -0.15) is 10.4 Å². The topological polar surface area (TPSA) is 79.9 Å². The van der Waals surface area contributed by atoms with Gasteiger partial charge >= 0.3 is 0 Å². The van der Waals surface area contributed by atoms with Crippen LogP contribution in [-0.4, -0.2) is 22.8 Å². The van der Waals surface area contributed by atoms with Crippen molar-refractivity contribution >= 4 is 29.3 Å². The molecule has 0 saturated heterocycles. The van der Waals surface area contributed by atoms with Crippen LogP contribution in [0.4, 0.5) is 5.69 Å². The molecule has 0 bridgehead atoms. The zero-order valence-corrected chi connectivity index (χ0v) is 13.7. The molecule has 0 atom stereocenters. The van der Waals surface area contributed by atoms with Crippen LogP contribution in [-0.2, 0) is 11.8 Å². The number of halogens is 1. The van der Waals surface area contributed by atoms with Crippen molar-refractivity contribution in [1.29, 1.82) is 5.26 Å². The number of benzene rings is 1. The summed E-state index contributed by atoms with van der Waals surface area (Å²) < 4.78 is 6.79. The van der Waals surface area contributed by atoms with Crippen molar-refractivity contribution in [3.05, 3.63) is 46.2 Å². The van der Waals surface area contributed by atoms with Gasteiger partial charge in [0, 0.05) is 29.9 Å². The number of rotatable bonds is 4. The van der Waals surface area contributed by atoms with Gasteiger partial charge in [0.1, 0.15) is 17.4 Å². The van der Waals surface area contributed by atoms with Gasteiger partial charge in [-0.25, -0.2) is 0 Å². The Balaban J connectivity index is 2.29. The smallest absolute Gasteiger partial charge is 0.266 e. The maximum absolute atomic E-state index is 12.3. The molecule has 6 nitrogen and oxygen atoms in total. The Bertz CT molecular complexity index is 818. The summed E-state index contributed by atoms with van der Waals surface area (Å²) in [5, 5.41) is 16.4. The summed E-state index contributed by atoms with van der Waals surface area (Å²) in [5.74, 6) is -0.107. The molecule has 0 saturated carbocycles. The number of methoxy groups -OCH3 is 1. The summed E-state index contributed by atoms with van der Waals surface area (Å²) in [4.78, 5) is 12.3. The van der Waals surface area contributed by atoms with E-state index in [1.165, 1.54) is 13.2 Å². The Hall–Kier alpha value is -2.78. The molecule has 1 heterocycles. The molecule has 1 N–H and O–H groups in total. The highest BCUT2D eigenvalue weighted by Crippen LogP contribution is 2.31. The van der Waals surface area contributed by atoms with Crippen molar-refractivity contribution in [2.24, 2.45) is 7.05 Å². The molecular weight excluding hydrogens is 316 g/mol. The predicted octanol–water partition coefficient (Wildman–Crippen LogP) is 2.94. The Labute approximate surface area is 138 Å². The number of ether oxygens (including phenoxy) is 1. The lowest BCUT2D eigenvalue weighted by molar-refractivity contribution is -0.112. The summed E-state index contributed by atoms with van der Waals surface area (Å²) >= 11 is 6.03. The number of hydrogen-bond acceptors (Lipinski definition) is 4. The molecule has 0 spiro atoms. The van der Waals surface area contributed by atoms with Crippen molar-refractivity contribution < 1.29 is 9.53 Å².